The summed E-state index contributed by atoms with van der Waals surface area (Å²) >= 11 is 0. The molecule has 0 aromatic heterocycles. The summed E-state index contributed by atoms with van der Waals surface area (Å²) in [5.74, 6) is 1.89. The van der Waals surface area contributed by atoms with Crippen LogP contribution in [0.25, 0.3) is 0 Å². The molecule has 0 heterocycles. The predicted molar refractivity (Wildman–Crippen MR) is 129 cm³/mol. The zero-order chi connectivity index (χ0) is 22.4. The third-order valence-electron chi connectivity index (χ3n) is 5.39. The van der Waals surface area contributed by atoms with Gasteiger partial charge in [0.25, 0.3) is 0 Å². The molecule has 0 aliphatic rings. The molecular weight excluding hydrogens is 360 g/mol. The first kappa shape index (κ1) is 31.1. The lowest BCUT2D eigenvalue weighted by atomic mass is 9.88. The second kappa shape index (κ2) is 22.6. The van der Waals surface area contributed by atoms with Gasteiger partial charge < -0.3 is 14.2 Å². The molecule has 29 heavy (non-hydrogen) atoms. The first-order valence-electron chi connectivity index (χ1n) is 12.7. The summed E-state index contributed by atoms with van der Waals surface area (Å²) in [4.78, 5) is 0. The van der Waals surface area contributed by atoms with Gasteiger partial charge in [-0.25, -0.2) is 0 Å². The van der Waals surface area contributed by atoms with Crippen LogP contribution in [0.5, 0.6) is 0 Å². The average molecular weight is 417 g/mol. The molecule has 0 spiro atoms. The molecule has 2 unspecified atom stereocenters. The lowest BCUT2D eigenvalue weighted by Crippen LogP contribution is -2.37. The van der Waals surface area contributed by atoms with Crippen LogP contribution in [0.3, 0.4) is 0 Å². The fraction of sp³-hybridized carbons (Fsp3) is 1.00. The molecule has 0 aliphatic carbocycles. The molecule has 0 aromatic carbocycles. The van der Waals surface area contributed by atoms with Crippen molar-refractivity contribution < 1.29 is 14.2 Å². The van der Waals surface area contributed by atoms with Crippen LogP contribution in [0.2, 0.25) is 0 Å². The zero-order valence-electron chi connectivity index (χ0n) is 21.5. The summed E-state index contributed by atoms with van der Waals surface area (Å²) in [6, 6.07) is 0. The van der Waals surface area contributed by atoms with Crippen molar-refractivity contribution in [3.8, 4) is 0 Å². The van der Waals surface area contributed by atoms with Crippen molar-refractivity contribution >= 4 is 0 Å². The molecule has 0 saturated heterocycles. The molecular formula is C26H56O3. The van der Waals surface area contributed by atoms with Crippen molar-refractivity contribution in [1.29, 1.82) is 0 Å². The van der Waals surface area contributed by atoms with E-state index in [0.29, 0.717) is 0 Å². The SMILES string of the molecule is CCCC(C)CC(C)CCC.CCCOCC(CC)(COCCC)COCCC. The summed E-state index contributed by atoms with van der Waals surface area (Å²) in [5, 5.41) is 0. The zero-order valence-corrected chi connectivity index (χ0v) is 21.5. The Hall–Kier alpha value is -0.120. The molecule has 0 bridgehead atoms. The Morgan fingerprint density at radius 3 is 1.14 bits per heavy atom. The third kappa shape index (κ3) is 19.6. The minimum Gasteiger partial charge on any atom is -0.381 e. The molecule has 3 nitrogen and oxygen atoms in total. The Kier molecular flexibility index (Phi) is 24.2. The van der Waals surface area contributed by atoms with E-state index < -0.39 is 0 Å². The van der Waals surface area contributed by atoms with E-state index in [1.54, 1.807) is 0 Å². The van der Waals surface area contributed by atoms with Crippen LogP contribution < -0.4 is 0 Å². The third-order valence-corrected chi connectivity index (χ3v) is 5.39. The smallest absolute Gasteiger partial charge is 0.0566 e. The molecule has 0 fully saturated rings. The monoisotopic (exact) mass is 416 g/mol. The highest BCUT2D eigenvalue weighted by molar-refractivity contribution is 4.77. The Labute approximate surface area is 184 Å². The molecule has 0 radical (unpaired) electrons. The van der Waals surface area contributed by atoms with Gasteiger partial charge >= 0.3 is 0 Å². The van der Waals surface area contributed by atoms with Gasteiger partial charge in [0.1, 0.15) is 0 Å². The fourth-order valence-electron chi connectivity index (χ4n) is 3.64. The van der Waals surface area contributed by atoms with Gasteiger partial charge in [-0.2, -0.15) is 0 Å². The average Bonchev–Trinajstić information content (AvgIpc) is 2.69. The molecule has 0 aromatic rings. The van der Waals surface area contributed by atoms with Crippen LogP contribution in [-0.4, -0.2) is 39.6 Å². The van der Waals surface area contributed by atoms with Crippen molar-refractivity contribution in [1.82, 2.24) is 0 Å². The number of rotatable bonds is 19. The molecule has 0 saturated carbocycles. The molecule has 0 N–H and O–H groups in total. The molecule has 3 heteroatoms. The van der Waals surface area contributed by atoms with E-state index >= 15 is 0 Å². The Bertz CT molecular complexity index is 270. The van der Waals surface area contributed by atoms with Gasteiger partial charge in [0.15, 0.2) is 0 Å². The first-order chi connectivity index (χ1) is 13.9. The van der Waals surface area contributed by atoms with Crippen molar-refractivity contribution in [3.63, 3.8) is 0 Å². The van der Waals surface area contributed by atoms with Gasteiger partial charge in [0, 0.05) is 25.2 Å². The summed E-state index contributed by atoms with van der Waals surface area (Å²) < 4.78 is 17.2. The summed E-state index contributed by atoms with van der Waals surface area (Å²) in [6.45, 7) is 22.6. The van der Waals surface area contributed by atoms with Crippen molar-refractivity contribution in [3.05, 3.63) is 0 Å². The van der Waals surface area contributed by atoms with Gasteiger partial charge in [-0.1, -0.05) is 81.1 Å². The highest BCUT2D eigenvalue weighted by Gasteiger charge is 2.29. The van der Waals surface area contributed by atoms with Gasteiger partial charge in [-0.15, -0.1) is 0 Å². The number of ether oxygens (including phenoxy) is 3. The van der Waals surface area contributed by atoms with E-state index in [1.165, 1.54) is 32.1 Å². The molecule has 0 rings (SSSR count). The molecule has 0 aliphatic heterocycles. The van der Waals surface area contributed by atoms with E-state index in [9.17, 15) is 0 Å². The molecule has 178 valence electrons. The van der Waals surface area contributed by atoms with Crippen molar-refractivity contribution in [2.45, 2.75) is 113 Å². The van der Waals surface area contributed by atoms with Crippen LogP contribution in [0.1, 0.15) is 113 Å². The first-order valence-corrected chi connectivity index (χ1v) is 12.7. The van der Waals surface area contributed by atoms with Crippen LogP contribution >= 0.6 is 0 Å². The minimum atomic E-state index is 0.0273. The van der Waals surface area contributed by atoms with E-state index in [0.717, 1.165) is 77.2 Å². The van der Waals surface area contributed by atoms with Crippen molar-refractivity contribution in [2.24, 2.45) is 17.3 Å². The maximum atomic E-state index is 5.74. The standard InChI is InChI=1S/C15H32O3.C11H24/c1-5-9-16-12-15(8-4,13-17-10-6-2)14-18-11-7-3;1-5-7-10(3)9-11(4)8-6-2/h5-14H2,1-4H3;10-11H,5-9H2,1-4H3. The largest absolute Gasteiger partial charge is 0.381 e. The normalized spacial score (nSPS) is 13.7. The maximum Gasteiger partial charge on any atom is 0.0566 e. The minimum absolute atomic E-state index is 0.0273. The van der Waals surface area contributed by atoms with Crippen LogP contribution in [0.15, 0.2) is 0 Å². The van der Waals surface area contributed by atoms with E-state index in [2.05, 4.69) is 55.4 Å². The van der Waals surface area contributed by atoms with Gasteiger partial charge in [-0.3, -0.25) is 0 Å². The van der Waals surface area contributed by atoms with Crippen LogP contribution in [0.4, 0.5) is 0 Å². The van der Waals surface area contributed by atoms with Crippen molar-refractivity contribution in [2.75, 3.05) is 39.6 Å². The summed E-state index contributed by atoms with van der Waals surface area (Å²) in [7, 11) is 0. The molecule has 0 amide bonds. The maximum absolute atomic E-state index is 5.74. The van der Waals surface area contributed by atoms with E-state index in [4.69, 9.17) is 14.2 Å². The Balaban J connectivity index is 0. The fourth-order valence-corrected chi connectivity index (χ4v) is 3.64. The highest BCUT2D eigenvalue weighted by Crippen LogP contribution is 2.24. The predicted octanol–water partition coefficient (Wildman–Crippen LogP) is 7.91. The second-order valence-electron chi connectivity index (χ2n) is 9.03. The van der Waals surface area contributed by atoms with Crippen LogP contribution in [0, 0.1) is 17.3 Å². The van der Waals surface area contributed by atoms with Gasteiger partial charge in [-0.05, 0) is 43.9 Å². The van der Waals surface area contributed by atoms with Gasteiger partial charge in [0.2, 0.25) is 0 Å². The summed E-state index contributed by atoms with van der Waals surface area (Å²) in [6.07, 6.45) is 11.2. The lowest BCUT2D eigenvalue weighted by molar-refractivity contribution is -0.0712. The second-order valence-corrected chi connectivity index (χ2v) is 9.03. The Morgan fingerprint density at radius 2 is 0.897 bits per heavy atom. The number of hydrogen-bond donors (Lipinski definition) is 0. The van der Waals surface area contributed by atoms with Crippen LogP contribution in [-0.2, 0) is 14.2 Å². The lowest BCUT2D eigenvalue weighted by Gasteiger charge is -2.32. The van der Waals surface area contributed by atoms with Gasteiger partial charge in [0.05, 0.1) is 19.8 Å². The highest BCUT2D eigenvalue weighted by atomic mass is 16.5. The quantitative estimate of drug-likeness (QED) is 0.200. The van der Waals surface area contributed by atoms with E-state index in [-0.39, 0.29) is 5.41 Å². The van der Waals surface area contributed by atoms with E-state index in [1.807, 2.05) is 0 Å². The Morgan fingerprint density at radius 1 is 0.552 bits per heavy atom. The molecule has 2 atom stereocenters. The number of hydrogen-bond acceptors (Lipinski definition) is 3. The topological polar surface area (TPSA) is 27.7 Å². The summed E-state index contributed by atoms with van der Waals surface area (Å²) in [5.41, 5.74) is 0.0273.